The van der Waals surface area contributed by atoms with E-state index in [4.69, 9.17) is 11.6 Å². The van der Waals surface area contributed by atoms with Crippen LogP contribution in [-0.4, -0.2) is 47.3 Å². The predicted molar refractivity (Wildman–Crippen MR) is 106 cm³/mol. The summed E-state index contributed by atoms with van der Waals surface area (Å²) in [5, 5.41) is 7.25. The molecule has 0 heterocycles. The van der Waals surface area contributed by atoms with Crippen LogP contribution in [0.15, 0.2) is 29.3 Å². The maximum absolute atomic E-state index is 11.0. The predicted octanol–water partition coefficient (Wildman–Crippen LogP) is 2.01. The highest BCUT2D eigenvalue weighted by atomic mass is 35.5. The second-order valence-electron chi connectivity index (χ2n) is 6.84. The van der Waals surface area contributed by atoms with E-state index in [1.807, 2.05) is 18.2 Å². The molecule has 0 radical (unpaired) electrons. The minimum Gasteiger partial charge on any atom is -0.356 e. The summed E-state index contributed by atoms with van der Waals surface area (Å²) in [4.78, 5) is 4.19. The van der Waals surface area contributed by atoms with Crippen molar-refractivity contribution in [1.29, 1.82) is 0 Å². The van der Waals surface area contributed by atoms with E-state index in [9.17, 15) is 8.42 Å². The first-order valence-electron chi connectivity index (χ1n) is 8.25. The number of guanidine groups is 1. The Labute approximate surface area is 156 Å². The summed E-state index contributed by atoms with van der Waals surface area (Å²) in [7, 11) is -1.41. The lowest BCUT2D eigenvalue weighted by molar-refractivity contribution is 0.359. The average molecular weight is 389 g/mol. The Morgan fingerprint density at radius 3 is 2.56 bits per heavy atom. The lowest BCUT2D eigenvalue weighted by atomic mass is 9.86. The molecule has 8 heteroatoms. The number of rotatable bonds is 9. The van der Waals surface area contributed by atoms with Gasteiger partial charge in [-0.05, 0) is 36.0 Å². The maximum Gasteiger partial charge on any atom is 0.208 e. The molecule has 142 valence electrons. The fourth-order valence-electron chi connectivity index (χ4n) is 2.36. The maximum atomic E-state index is 11.0. The van der Waals surface area contributed by atoms with Gasteiger partial charge in [-0.15, -0.1) is 0 Å². The molecule has 1 aromatic rings. The van der Waals surface area contributed by atoms with Gasteiger partial charge in [0.1, 0.15) is 0 Å². The van der Waals surface area contributed by atoms with Crippen LogP contribution in [0.25, 0.3) is 0 Å². The fourth-order valence-corrected chi connectivity index (χ4v) is 3.09. The van der Waals surface area contributed by atoms with Crippen LogP contribution in [-0.2, 0) is 16.4 Å². The number of nitrogens with zero attached hydrogens (tertiary/aromatic N) is 1. The third kappa shape index (κ3) is 10.3. The SMILES string of the molecule is CN=C(NCCCNS(C)(=O)=O)NCC(C)(C)Cc1cccc(Cl)c1. The molecule has 0 unspecified atom stereocenters. The Kier molecular flexibility index (Phi) is 8.68. The molecule has 0 bridgehead atoms. The first-order valence-corrected chi connectivity index (χ1v) is 10.5. The van der Waals surface area contributed by atoms with Crippen LogP contribution < -0.4 is 15.4 Å². The number of benzene rings is 1. The van der Waals surface area contributed by atoms with Gasteiger partial charge in [0, 0.05) is 31.7 Å². The van der Waals surface area contributed by atoms with Gasteiger partial charge in [-0.2, -0.15) is 0 Å². The van der Waals surface area contributed by atoms with Crippen LogP contribution in [0, 0.1) is 5.41 Å². The van der Waals surface area contributed by atoms with E-state index in [-0.39, 0.29) is 5.41 Å². The van der Waals surface area contributed by atoms with E-state index in [0.717, 1.165) is 24.2 Å². The topological polar surface area (TPSA) is 82.6 Å². The quantitative estimate of drug-likeness (QED) is 0.343. The molecule has 25 heavy (non-hydrogen) atoms. The Hall–Kier alpha value is -1.31. The van der Waals surface area contributed by atoms with E-state index in [2.05, 4.69) is 40.3 Å². The van der Waals surface area contributed by atoms with Gasteiger partial charge < -0.3 is 10.6 Å². The molecule has 3 N–H and O–H groups in total. The van der Waals surface area contributed by atoms with Crippen molar-refractivity contribution in [2.24, 2.45) is 10.4 Å². The molecule has 0 aliphatic heterocycles. The Morgan fingerprint density at radius 2 is 1.96 bits per heavy atom. The Bertz CT molecular complexity index is 675. The van der Waals surface area contributed by atoms with Gasteiger partial charge in [0.2, 0.25) is 10.0 Å². The summed E-state index contributed by atoms with van der Waals surface area (Å²) in [5.41, 5.74) is 1.23. The molecular weight excluding hydrogens is 360 g/mol. The number of hydrogen-bond acceptors (Lipinski definition) is 3. The van der Waals surface area contributed by atoms with Crippen LogP contribution in [0.4, 0.5) is 0 Å². The van der Waals surface area contributed by atoms with Crippen molar-refractivity contribution in [3.63, 3.8) is 0 Å². The van der Waals surface area contributed by atoms with E-state index in [1.54, 1.807) is 7.05 Å². The lowest BCUT2D eigenvalue weighted by Gasteiger charge is -2.26. The number of nitrogens with one attached hydrogen (secondary N) is 3. The summed E-state index contributed by atoms with van der Waals surface area (Å²) in [6.07, 6.45) is 2.73. The van der Waals surface area contributed by atoms with Crippen molar-refractivity contribution in [3.8, 4) is 0 Å². The monoisotopic (exact) mass is 388 g/mol. The summed E-state index contributed by atoms with van der Waals surface area (Å²) < 4.78 is 24.4. The smallest absolute Gasteiger partial charge is 0.208 e. The summed E-state index contributed by atoms with van der Waals surface area (Å²) in [5.74, 6) is 0.707. The van der Waals surface area contributed by atoms with Crippen molar-refractivity contribution in [3.05, 3.63) is 34.9 Å². The molecule has 0 saturated heterocycles. The van der Waals surface area contributed by atoms with Crippen molar-refractivity contribution >= 4 is 27.6 Å². The van der Waals surface area contributed by atoms with Crippen molar-refractivity contribution in [2.45, 2.75) is 26.7 Å². The van der Waals surface area contributed by atoms with Gasteiger partial charge in [-0.3, -0.25) is 4.99 Å². The van der Waals surface area contributed by atoms with Crippen LogP contribution in [0.2, 0.25) is 5.02 Å². The molecule has 6 nitrogen and oxygen atoms in total. The number of halogens is 1. The summed E-state index contributed by atoms with van der Waals surface area (Å²) in [6, 6.07) is 7.91. The van der Waals surface area contributed by atoms with Gasteiger partial charge in [0.05, 0.1) is 6.26 Å². The van der Waals surface area contributed by atoms with E-state index in [1.165, 1.54) is 5.56 Å². The van der Waals surface area contributed by atoms with Gasteiger partial charge in [0.15, 0.2) is 5.96 Å². The molecule has 0 saturated carbocycles. The highest BCUT2D eigenvalue weighted by Gasteiger charge is 2.19. The van der Waals surface area contributed by atoms with Crippen LogP contribution in [0.3, 0.4) is 0 Å². The minimum absolute atomic E-state index is 0.0279. The molecule has 0 spiro atoms. The third-order valence-electron chi connectivity index (χ3n) is 3.54. The second-order valence-corrected chi connectivity index (χ2v) is 9.11. The molecule has 0 aromatic heterocycles. The van der Waals surface area contributed by atoms with Gasteiger partial charge in [0.25, 0.3) is 0 Å². The highest BCUT2D eigenvalue weighted by molar-refractivity contribution is 7.88. The molecule has 1 aromatic carbocycles. The Balaban J connectivity index is 2.37. The molecule has 0 amide bonds. The zero-order chi connectivity index (χ0) is 18.9. The number of hydrogen-bond donors (Lipinski definition) is 3. The first-order chi connectivity index (χ1) is 11.6. The average Bonchev–Trinajstić information content (AvgIpc) is 2.48. The standard InChI is InChI=1S/C17H29ClN4O2S/c1-17(2,12-14-7-5-8-15(18)11-14)13-21-16(19-3)20-9-6-10-22-25(4,23)24/h5,7-8,11,22H,6,9-10,12-13H2,1-4H3,(H2,19,20,21). The summed E-state index contributed by atoms with van der Waals surface area (Å²) in [6.45, 7) is 6.16. The second kappa shape index (κ2) is 9.99. The van der Waals surface area contributed by atoms with Gasteiger partial charge >= 0.3 is 0 Å². The van der Waals surface area contributed by atoms with Crippen molar-refractivity contribution in [2.75, 3.05) is 32.9 Å². The van der Waals surface area contributed by atoms with Crippen LogP contribution in [0.5, 0.6) is 0 Å². The molecule has 0 aliphatic carbocycles. The van der Waals surface area contributed by atoms with Gasteiger partial charge in [-0.25, -0.2) is 13.1 Å². The largest absolute Gasteiger partial charge is 0.356 e. The molecule has 0 atom stereocenters. The highest BCUT2D eigenvalue weighted by Crippen LogP contribution is 2.22. The normalized spacial score (nSPS) is 12.9. The molecule has 0 aliphatic rings. The third-order valence-corrected chi connectivity index (χ3v) is 4.50. The van der Waals surface area contributed by atoms with E-state index >= 15 is 0 Å². The summed E-state index contributed by atoms with van der Waals surface area (Å²) >= 11 is 6.05. The van der Waals surface area contributed by atoms with Crippen LogP contribution >= 0.6 is 11.6 Å². The first kappa shape index (κ1) is 21.7. The van der Waals surface area contributed by atoms with Crippen molar-refractivity contribution < 1.29 is 8.42 Å². The van der Waals surface area contributed by atoms with E-state index in [0.29, 0.717) is 25.5 Å². The van der Waals surface area contributed by atoms with Gasteiger partial charge in [-0.1, -0.05) is 37.6 Å². The zero-order valence-electron chi connectivity index (χ0n) is 15.4. The fraction of sp³-hybridized carbons (Fsp3) is 0.588. The zero-order valence-corrected chi connectivity index (χ0v) is 17.0. The minimum atomic E-state index is -3.13. The number of aliphatic imine (C=N–C) groups is 1. The van der Waals surface area contributed by atoms with E-state index < -0.39 is 10.0 Å². The number of sulfonamides is 1. The Morgan fingerprint density at radius 1 is 1.24 bits per heavy atom. The van der Waals surface area contributed by atoms with Crippen LogP contribution in [0.1, 0.15) is 25.8 Å². The molecule has 0 fully saturated rings. The molecule has 1 rings (SSSR count). The van der Waals surface area contributed by atoms with Crippen molar-refractivity contribution in [1.82, 2.24) is 15.4 Å². The lowest BCUT2D eigenvalue weighted by Crippen LogP contribution is -2.43. The molecular formula is C17H29ClN4O2S.